The van der Waals surface area contributed by atoms with Gasteiger partial charge < -0.3 is 15.7 Å². The molecule has 3 rings (SSSR count). The van der Waals surface area contributed by atoms with Crippen LogP contribution in [-0.2, 0) is 0 Å². The van der Waals surface area contributed by atoms with Crippen LogP contribution in [0.15, 0.2) is 28.7 Å². The Bertz CT molecular complexity index is 818. The van der Waals surface area contributed by atoms with E-state index in [9.17, 15) is 5.11 Å². The zero-order valence-corrected chi connectivity index (χ0v) is 14.9. The van der Waals surface area contributed by atoms with Crippen molar-refractivity contribution in [3.63, 3.8) is 0 Å². The first-order chi connectivity index (χ1) is 11.6. The van der Waals surface area contributed by atoms with Gasteiger partial charge in [-0.2, -0.15) is 20.3 Å². The van der Waals surface area contributed by atoms with E-state index in [1.54, 1.807) is 0 Å². The van der Waals surface area contributed by atoms with E-state index in [-0.39, 0.29) is 18.6 Å². The SMILES string of the molecule is CC(C)C(CO)Nc1nc(Nc2ccc(Br)cc2)c2n[nH]nc2n1. The molecule has 24 heavy (non-hydrogen) atoms. The molecule has 0 aliphatic carbocycles. The highest BCUT2D eigenvalue weighted by Gasteiger charge is 2.16. The first-order valence-corrected chi connectivity index (χ1v) is 8.34. The Balaban J connectivity index is 1.93. The molecule has 8 nitrogen and oxygen atoms in total. The Kier molecular flexibility index (Phi) is 4.91. The second kappa shape index (κ2) is 7.10. The number of halogens is 1. The summed E-state index contributed by atoms with van der Waals surface area (Å²) in [5.41, 5.74) is 1.87. The average Bonchev–Trinajstić information content (AvgIpc) is 3.03. The maximum atomic E-state index is 9.49. The normalized spacial score (nSPS) is 12.5. The molecule has 2 heterocycles. The number of rotatable bonds is 6. The van der Waals surface area contributed by atoms with Crippen molar-refractivity contribution in [2.75, 3.05) is 17.2 Å². The number of hydrogen-bond donors (Lipinski definition) is 4. The van der Waals surface area contributed by atoms with E-state index in [2.05, 4.69) is 51.9 Å². The zero-order valence-electron chi connectivity index (χ0n) is 13.3. The minimum atomic E-state index is -0.144. The molecule has 0 aliphatic heterocycles. The number of nitrogens with zero attached hydrogens (tertiary/aromatic N) is 4. The number of hydrogen-bond acceptors (Lipinski definition) is 7. The largest absolute Gasteiger partial charge is 0.394 e. The second-order valence-corrected chi connectivity index (χ2v) is 6.62. The standard InChI is InChI=1S/C15H18BrN7O/c1-8(2)11(7-24)18-15-19-13(12-14(20-15)22-23-21-12)17-10-5-3-9(16)4-6-10/h3-6,8,11,24H,7H2,1-2H3,(H3,17,18,19,20,21,22,23). The number of benzene rings is 1. The molecule has 0 radical (unpaired) electrons. The lowest BCUT2D eigenvalue weighted by Gasteiger charge is -2.20. The molecule has 0 amide bonds. The monoisotopic (exact) mass is 391 g/mol. The number of aliphatic hydroxyl groups is 1. The predicted octanol–water partition coefficient (Wildman–Crippen LogP) is 2.68. The van der Waals surface area contributed by atoms with Crippen molar-refractivity contribution in [2.24, 2.45) is 5.92 Å². The number of aromatic amines is 1. The minimum absolute atomic E-state index is 0.00659. The number of aromatic nitrogens is 5. The van der Waals surface area contributed by atoms with Gasteiger partial charge in [0.25, 0.3) is 0 Å². The van der Waals surface area contributed by atoms with Gasteiger partial charge in [0.05, 0.1) is 12.6 Å². The molecule has 0 bridgehead atoms. The summed E-state index contributed by atoms with van der Waals surface area (Å²) in [6, 6.07) is 7.58. The van der Waals surface area contributed by atoms with Gasteiger partial charge >= 0.3 is 0 Å². The maximum Gasteiger partial charge on any atom is 0.227 e. The van der Waals surface area contributed by atoms with E-state index in [1.165, 1.54) is 0 Å². The van der Waals surface area contributed by atoms with Gasteiger partial charge in [0.2, 0.25) is 11.6 Å². The molecular formula is C15H18BrN7O. The van der Waals surface area contributed by atoms with E-state index in [0.717, 1.165) is 10.2 Å². The van der Waals surface area contributed by atoms with Crippen molar-refractivity contribution in [2.45, 2.75) is 19.9 Å². The third-order valence-corrected chi connectivity index (χ3v) is 4.13. The van der Waals surface area contributed by atoms with Crippen LogP contribution < -0.4 is 10.6 Å². The molecule has 0 saturated heterocycles. The molecule has 1 atom stereocenters. The third-order valence-electron chi connectivity index (χ3n) is 3.61. The molecule has 1 unspecified atom stereocenters. The number of nitrogens with one attached hydrogen (secondary N) is 3. The van der Waals surface area contributed by atoms with Crippen molar-refractivity contribution in [1.82, 2.24) is 25.4 Å². The van der Waals surface area contributed by atoms with Crippen LogP contribution in [0.4, 0.5) is 17.5 Å². The summed E-state index contributed by atoms with van der Waals surface area (Å²) in [5.74, 6) is 1.16. The molecule has 3 aromatic rings. The van der Waals surface area contributed by atoms with Gasteiger partial charge in [-0.25, -0.2) is 0 Å². The predicted molar refractivity (Wildman–Crippen MR) is 96.2 cm³/mol. The highest BCUT2D eigenvalue weighted by molar-refractivity contribution is 9.10. The van der Waals surface area contributed by atoms with E-state index in [0.29, 0.717) is 22.9 Å². The summed E-state index contributed by atoms with van der Waals surface area (Å²) in [4.78, 5) is 8.82. The number of H-pyrrole nitrogens is 1. The van der Waals surface area contributed by atoms with Gasteiger partial charge in [-0.05, 0) is 30.2 Å². The molecule has 4 N–H and O–H groups in total. The molecule has 126 valence electrons. The van der Waals surface area contributed by atoms with Crippen molar-refractivity contribution in [3.05, 3.63) is 28.7 Å². The number of aliphatic hydroxyl groups excluding tert-OH is 1. The lowest BCUT2D eigenvalue weighted by atomic mass is 10.1. The summed E-state index contributed by atoms with van der Waals surface area (Å²) >= 11 is 3.41. The fourth-order valence-corrected chi connectivity index (χ4v) is 2.42. The first kappa shape index (κ1) is 16.6. The Hall–Kier alpha value is -2.26. The van der Waals surface area contributed by atoms with Crippen LogP contribution in [-0.4, -0.2) is 43.1 Å². The highest BCUT2D eigenvalue weighted by Crippen LogP contribution is 2.24. The average molecular weight is 392 g/mol. The van der Waals surface area contributed by atoms with Crippen molar-refractivity contribution in [3.8, 4) is 0 Å². The summed E-state index contributed by atoms with van der Waals surface area (Å²) in [5, 5.41) is 26.6. The van der Waals surface area contributed by atoms with Crippen LogP contribution in [0.1, 0.15) is 13.8 Å². The Labute approximate surface area is 147 Å². The zero-order chi connectivity index (χ0) is 17.1. The Morgan fingerprint density at radius 2 is 1.92 bits per heavy atom. The van der Waals surface area contributed by atoms with Crippen molar-refractivity contribution < 1.29 is 5.11 Å². The topological polar surface area (TPSA) is 112 Å². The summed E-state index contributed by atoms with van der Waals surface area (Å²) in [6.07, 6.45) is 0. The quantitative estimate of drug-likeness (QED) is 0.510. The van der Waals surface area contributed by atoms with Crippen molar-refractivity contribution >= 4 is 44.5 Å². The summed E-state index contributed by atoms with van der Waals surface area (Å²) in [7, 11) is 0. The molecule has 1 aromatic carbocycles. The van der Waals surface area contributed by atoms with Crippen LogP contribution in [0, 0.1) is 5.92 Å². The molecular weight excluding hydrogens is 374 g/mol. The molecule has 0 aliphatic rings. The second-order valence-electron chi connectivity index (χ2n) is 5.70. The van der Waals surface area contributed by atoms with Crippen LogP contribution in [0.5, 0.6) is 0 Å². The van der Waals surface area contributed by atoms with Gasteiger partial charge in [0.15, 0.2) is 11.3 Å². The molecule has 0 spiro atoms. The lowest BCUT2D eigenvalue weighted by molar-refractivity contribution is 0.248. The van der Waals surface area contributed by atoms with Gasteiger partial charge in [-0.1, -0.05) is 29.8 Å². The summed E-state index contributed by atoms with van der Waals surface area (Å²) < 4.78 is 0.993. The Morgan fingerprint density at radius 1 is 1.17 bits per heavy atom. The van der Waals surface area contributed by atoms with Crippen LogP contribution in [0.3, 0.4) is 0 Å². The minimum Gasteiger partial charge on any atom is -0.394 e. The summed E-state index contributed by atoms with van der Waals surface area (Å²) in [6.45, 7) is 4.03. The van der Waals surface area contributed by atoms with E-state index < -0.39 is 0 Å². The first-order valence-electron chi connectivity index (χ1n) is 7.55. The van der Waals surface area contributed by atoms with Gasteiger partial charge in [0.1, 0.15) is 0 Å². The van der Waals surface area contributed by atoms with Gasteiger partial charge in [-0.15, -0.1) is 5.10 Å². The maximum absolute atomic E-state index is 9.49. The van der Waals surface area contributed by atoms with E-state index >= 15 is 0 Å². The molecule has 0 saturated carbocycles. The fraction of sp³-hybridized carbons (Fsp3) is 0.333. The van der Waals surface area contributed by atoms with E-state index in [4.69, 9.17) is 0 Å². The number of fused-ring (bicyclic) bond motifs is 1. The lowest BCUT2D eigenvalue weighted by Crippen LogP contribution is -2.30. The molecule has 0 fully saturated rings. The van der Waals surface area contributed by atoms with Gasteiger partial charge in [-0.3, -0.25) is 0 Å². The Morgan fingerprint density at radius 3 is 2.58 bits per heavy atom. The van der Waals surface area contributed by atoms with Crippen LogP contribution >= 0.6 is 15.9 Å². The number of anilines is 3. The highest BCUT2D eigenvalue weighted by atomic mass is 79.9. The van der Waals surface area contributed by atoms with E-state index in [1.807, 2.05) is 38.1 Å². The smallest absolute Gasteiger partial charge is 0.227 e. The van der Waals surface area contributed by atoms with Crippen LogP contribution in [0.2, 0.25) is 0 Å². The van der Waals surface area contributed by atoms with Crippen molar-refractivity contribution in [1.29, 1.82) is 0 Å². The fourth-order valence-electron chi connectivity index (χ4n) is 2.16. The third kappa shape index (κ3) is 3.62. The molecule has 2 aromatic heterocycles. The van der Waals surface area contributed by atoms with Gasteiger partial charge in [0, 0.05) is 10.2 Å². The van der Waals surface area contributed by atoms with Crippen LogP contribution in [0.25, 0.3) is 11.2 Å². The molecule has 9 heteroatoms.